The lowest BCUT2D eigenvalue weighted by Crippen LogP contribution is -2.39. The molecule has 0 saturated carbocycles. The molecule has 0 aliphatic carbocycles. The Kier molecular flexibility index (Phi) is 4.98. The summed E-state index contributed by atoms with van der Waals surface area (Å²) in [7, 11) is 0. The predicted octanol–water partition coefficient (Wildman–Crippen LogP) is 4.45. The van der Waals surface area contributed by atoms with Crippen LogP contribution in [0.15, 0.2) is 48.5 Å². The Morgan fingerprint density at radius 2 is 2.04 bits per heavy atom. The molecule has 3 aromatic rings. The fraction of sp³-hybridized carbons (Fsp3) is 0.333. The maximum absolute atomic E-state index is 12.9. The minimum absolute atomic E-state index is 0.126. The summed E-state index contributed by atoms with van der Waals surface area (Å²) >= 11 is 1.79. The highest BCUT2D eigenvalue weighted by molar-refractivity contribution is 7.97. The van der Waals surface area contributed by atoms with Crippen LogP contribution in [-0.4, -0.2) is 40.1 Å². The molecule has 1 unspecified atom stereocenters. The molecular weight excluding hydrogens is 342 g/mol. The van der Waals surface area contributed by atoms with Crippen molar-refractivity contribution in [3.05, 3.63) is 65.5 Å². The molecule has 1 saturated heterocycles. The maximum Gasteiger partial charge on any atom is 0.253 e. The highest BCUT2D eigenvalue weighted by Crippen LogP contribution is 2.27. The highest BCUT2D eigenvalue weighted by atomic mass is 32.2. The molecule has 134 valence electrons. The van der Waals surface area contributed by atoms with Crippen molar-refractivity contribution in [3.63, 3.8) is 0 Å². The minimum atomic E-state index is 0.126. The first-order chi connectivity index (χ1) is 12.7. The number of carbonyl (C=O) groups is 1. The van der Waals surface area contributed by atoms with E-state index in [1.807, 2.05) is 41.3 Å². The molecule has 5 heteroatoms. The summed E-state index contributed by atoms with van der Waals surface area (Å²) in [4.78, 5) is 23.1. The van der Waals surface area contributed by atoms with Gasteiger partial charge in [0, 0.05) is 30.3 Å². The van der Waals surface area contributed by atoms with E-state index in [4.69, 9.17) is 4.98 Å². The van der Waals surface area contributed by atoms with Gasteiger partial charge in [0.2, 0.25) is 0 Å². The average Bonchev–Trinajstić information content (AvgIpc) is 3.13. The van der Waals surface area contributed by atoms with Gasteiger partial charge in [-0.15, -0.1) is 0 Å². The van der Waals surface area contributed by atoms with Crippen molar-refractivity contribution >= 4 is 28.7 Å². The number of fused-ring (bicyclic) bond motifs is 1. The molecule has 0 bridgehead atoms. The number of hydrogen-bond donors (Lipinski definition) is 1. The van der Waals surface area contributed by atoms with Crippen LogP contribution in [-0.2, 0) is 5.75 Å². The number of thioether (sulfide) groups is 1. The zero-order valence-electron chi connectivity index (χ0n) is 14.9. The summed E-state index contributed by atoms with van der Waals surface area (Å²) in [6.45, 7) is 1.55. The van der Waals surface area contributed by atoms with Crippen molar-refractivity contribution in [2.24, 2.45) is 0 Å². The third kappa shape index (κ3) is 3.49. The van der Waals surface area contributed by atoms with Gasteiger partial charge >= 0.3 is 0 Å². The second kappa shape index (κ2) is 7.54. The molecular formula is C21H23N3OS. The van der Waals surface area contributed by atoms with Gasteiger partial charge in [-0.25, -0.2) is 4.98 Å². The van der Waals surface area contributed by atoms with Crippen LogP contribution in [0.25, 0.3) is 11.0 Å². The van der Waals surface area contributed by atoms with Crippen molar-refractivity contribution in [2.45, 2.75) is 24.5 Å². The van der Waals surface area contributed by atoms with Crippen molar-refractivity contribution in [2.75, 3.05) is 19.3 Å². The van der Waals surface area contributed by atoms with Crippen molar-refractivity contribution in [1.82, 2.24) is 14.9 Å². The number of hydrogen-bond acceptors (Lipinski definition) is 3. The molecule has 4 rings (SSSR count). The van der Waals surface area contributed by atoms with E-state index in [-0.39, 0.29) is 11.8 Å². The smallest absolute Gasteiger partial charge is 0.253 e. The molecule has 0 radical (unpaired) electrons. The van der Waals surface area contributed by atoms with Crippen LogP contribution in [0.4, 0.5) is 0 Å². The first-order valence-electron chi connectivity index (χ1n) is 9.06. The van der Waals surface area contributed by atoms with Crippen LogP contribution in [0.5, 0.6) is 0 Å². The second-order valence-corrected chi connectivity index (χ2v) is 7.73. The molecule has 1 N–H and O–H groups in total. The van der Waals surface area contributed by atoms with E-state index in [0.29, 0.717) is 0 Å². The van der Waals surface area contributed by atoms with Crippen molar-refractivity contribution < 1.29 is 4.79 Å². The van der Waals surface area contributed by atoms with E-state index in [1.165, 1.54) is 5.56 Å². The van der Waals surface area contributed by atoms with Crippen LogP contribution < -0.4 is 0 Å². The van der Waals surface area contributed by atoms with E-state index in [0.717, 1.165) is 54.1 Å². The van der Waals surface area contributed by atoms with Crippen LogP contribution in [0, 0.1) is 0 Å². The number of piperidine rings is 1. The van der Waals surface area contributed by atoms with E-state index in [9.17, 15) is 4.79 Å². The Labute approximate surface area is 158 Å². The summed E-state index contributed by atoms with van der Waals surface area (Å²) < 4.78 is 0. The number of aromatic nitrogens is 2. The topological polar surface area (TPSA) is 49.0 Å². The third-order valence-corrected chi connectivity index (χ3v) is 5.64. The minimum Gasteiger partial charge on any atom is -0.342 e. The average molecular weight is 366 g/mol. The van der Waals surface area contributed by atoms with E-state index >= 15 is 0 Å². The van der Waals surface area contributed by atoms with Gasteiger partial charge in [-0.05, 0) is 48.9 Å². The SMILES string of the molecule is CSCc1ccc(C(=O)N2CCCC(c3nc4ccccc4[nH]3)C2)cc1. The van der Waals surface area contributed by atoms with E-state index in [2.05, 4.69) is 23.4 Å². The molecule has 1 amide bonds. The van der Waals surface area contributed by atoms with Gasteiger partial charge in [0.15, 0.2) is 0 Å². The number of likely N-dealkylation sites (tertiary alicyclic amines) is 1. The number of aromatic amines is 1. The third-order valence-electron chi connectivity index (χ3n) is 5.01. The summed E-state index contributed by atoms with van der Waals surface area (Å²) in [6, 6.07) is 16.1. The number of amides is 1. The first kappa shape index (κ1) is 17.2. The number of imidazole rings is 1. The molecule has 1 aliphatic heterocycles. The number of carbonyl (C=O) groups excluding carboxylic acids is 1. The van der Waals surface area contributed by atoms with Gasteiger partial charge < -0.3 is 9.88 Å². The number of para-hydroxylation sites is 2. The summed E-state index contributed by atoms with van der Waals surface area (Å²) in [5, 5.41) is 0. The Bertz CT molecular complexity index is 870. The molecule has 1 aromatic heterocycles. The first-order valence-corrected chi connectivity index (χ1v) is 10.5. The molecule has 2 aromatic carbocycles. The standard InChI is InChI=1S/C21H23N3OS/c1-26-14-15-8-10-16(11-9-15)21(25)24-12-4-5-17(13-24)20-22-18-6-2-3-7-19(18)23-20/h2-3,6-11,17H,4-5,12-14H2,1H3,(H,22,23). The van der Waals surface area contributed by atoms with E-state index < -0.39 is 0 Å². The quantitative estimate of drug-likeness (QED) is 0.743. The lowest BCUT2D eigenvalue weighted by molar-refractivity contribution is 0.0705. The van der Waals surface area contributed by atoms with Gasteiger partial charge in [-0.3, -0.25) is 4.79 Å². The fourth-order valence-electron chi connectivity index (χ4n) is 3.64. The monoisotopic (exact) mass is 365 g/mol. The zero-order valence-corrected chi connectivity index (χ0v) is 15.8. The van der Waals surface area contributed by atoms with Crippen LogP contribution in [0.2, 0.25) is 0 Å². The molecule has 1 aliphatic rings. The van der Waals surface area contributed by atoms with Gasteiger partial charge in [0.05, 0.1) is 11.0 Å². The van der Waals surface area contributed by atoms with Crippen LogP contribution >= 0.6 is 11.8 Å². The predicted molar refractivity (Wildman–Crippen MR) is 108 cm³/mol. The number of H-pyrrole nitrogens is 1. The number of benzene rings is 2. The molecule has 1 atom stereocenters. The molecule has 4 nitrogen and oxygen atoms in total. The maximum atomic E-state index is 12.9. The molecule has 0 spiro atoms. The molecule has 26 heavy (non-hydrogen) atoms. The normalized spacial score (nSPS) is 17.6. The fourth-order valence-corrected chi connectivity index (χ4v) is 4.17. The lowest BCUT2D eigenvalue weighted by Gasteiger charge is -2.32. The van der Waals surface area contributed by atoms with Gasteiger partial charge in [-0.1, -0.05) is 24.3 Å². The Balaban J connectivity index is 1.49. The highest BCUT2D eigenvalue weighted by Gasteiger charge is 2.27. The summed E-state index contributed by atoms with van der Waals surface area (Å²) in [5.41, 5.74) is 4.10. The lowest BCUT2D eigenvalue weighted by atomic mass is 9.96. The molecule has 1 fully saturated rings. The second-order valence-electron chi connectivity index (χ2n) is 6.86. The largest absolute Gasteiger partial charge is 0.342 e. The van der Waals surface area contributed by atoms with Crippen LogP contribution in [0.1, 0.15) is 40.5 Å². The van der Waals surface area contributed by atoms with Gasteiger partial charge in [0.25, 0.3) is 5.91 Å². The number of nitrogens with one attached hydrogen (secondary N) is 1. The van der Waals surface area contributed by atoms with Crippen LogP contribution in [0.3, 0.4) is 0 Å². The molecule has 2 heterocycles. The summed E-state index contributed by atoms with van der Waals surface area (Å²) in [5.74, 6) is 2.38. The van der Waals surface area contributed by atoms with Gasteiger partial charge in [-0.2, -0.15) is 11.8 Å². The van der Waals surface area contributed by atoms with Crippen molar-refractivity contribution in [1.29, 1.82) is 0 Å². The Hall–Kier alpha value is -2.27. The van der Waals surface area contributed by atoms with E-state index in [1.54, 1.807) is 11.8 Å². The van der Waals surface area contributed by atoms with Gasteiger partial charge in [0.1, 0.15) is 5.82 Å². The zero-order chi connectivity index (χ0) is 17.9. The summed E-state index contributed by atoms with van der Waals surface area (Å²) in [6.07, 6.45) is 4.17. The Morgan fingerprint density at radius 1 is 1.23 bits per heavy atom. The number of rotatable bonds is 4. The van der Waals surface area contributed by atoms with Crippen molar-refractivity contribution in [3.8, 4) is 0 Å². The number of nitrogens with zero attached hydrogens (tertiary/aromatic N) is 2. The Morgan fingerprint density at radius 3 is 2.81 bits per heavy atom.